The molecule has 0 aliphatic rings. The van der Waals surface area contributed by atoms with Crippen molar-refractivity contribution in [1.82, 2.24) is 14.8 Å². The third-order valence-electron chi connectivity index (χ3n) is 2.21. The summed E-state index contributed by atoms with van der Waals surface area (Å²) in [6, 6.07) is 1.82. The van der Waals surface area contributed by atoms with Gasteiger partial charge in [-0.25, -0.2) is 0 Å². The van der Waals surface area contributed by atoms with E-state index < -0.39 is 0 Å². The van der Waals surface area contributed by atoms with E-state index in [-0.39, 0.29) is 11.6 Å². The highest BCUT2D eigenvalue weighted by molar-refractivity contribution is 6.06. The van der Waals surface area contributed by atoms with Crippen LogP contribution in [0, 0.1) is 6.92 Å². The molecule has 0 radical (unpaired) electrons. The summed E-state index contributed by atoms with van der Waals surface area (Å²) in [5.74, 6) is -0.337. The van der Waals surface area contributed by atoms with Crippen molar-refractivity contribution in [3.8, 4) is 0 Å². The summed E-state index contributed by atoms with van der Waals surface area (Å²) < 4.78 is 1.50. The number of nitrogens with one attached hydrogen (secondary N) is 1. The van der Waals surface area contributed by atoms with Gasteiger partial charge in [-0.05, 0) is 18.6 Å². The third-order valence-corrected chi connectivity index (χ3v) is 2.21. The Hall–Kier alpha value is -2.37. The lowest BCUT2D eigenvalue weighted by molar-refractivity contribution is 0.102. The highest BCUT2D eigenvalue weighted by Gasteiger charge is 2.14. The van der Waals surface area contributed by atoms with Gasteiger partial charge in [-0.2, -0.15) is 5.10 Å². The number of pyridine rings is 1. The van der Waals surface area contributed by atoms with Gasteiger partial charge in [0.2, 0.25) is 0 Å². The van der Waals surface area contributed by atoms with Crippen LogP contribution in [0.15, 0.2) is 24.7 Å². The summed E-state index contributed by atoms with van der Waals surface area (Å²) in [7, 11) is 1.71. The molecule has 2 rings (SSSR count). The van der Waals surface area contributed by atoms with Crippen molar-refractivity contribution in [2.24, 2.45) is 7.05 Å². The maximum absolute atomic E-state index is 11.9. The lowest BCUT2D eigenvalue weighted by atomic mass is 10.3. The number of aryl methyl sites for hydroxylation is 2. The van der Waals surface area contributed by atoms with Crippen LogP contribution in [0.5, 0.6) is 0 Å². The zero-order valence-electron chi connectivity index (χ0n) is 9.64. The molecular formula is C11H13N5O. The van der Waals surface area contributed by atoms with Crippen LogP contribution in [0.3, 0.4) is 0 Å². The van der Waals surface area contributed by atoms with Crippen LogP contribution in [-0.2, 0) is 7.05 Å². The molecule has 6 nitrogen and oxygen atoms in total. The van der Waals surface area contributed by atoms with Gasteiger partial charge in [-0.1, -0.05) is 0 Å². The Morgan fingerprint density at radius 1 is 1.47 bits per heavy atom. The first kappa shape index (κ1) is 11.1. The molecule has 0 atom stereocenters. The summed E-state index contributed by atoms with van der Waals surface area (Å²) in [6.07, 6.45) is 4.87. The van der Waals surface area contributed by atoms with Crippen molar-refractivity contribution in [2.45, 2.75) is 6.92 Å². The monoisotopic (exact) mass is 231 g/mol. The summed E-state index contributed by atoms with van der Waals surface area (Å²) in [5, 5.41) is 6.68. The van der Waals surface area contributed by atoms with E-state index in [2.05, 4.69) is 15.4 Å². The molecule has 0 bridgehead atoms. The van der Waals surface area contributed by atoms with E-state index in [1.807, 2.05) is 13.0 Å². The van der Waals surface area contributed by atoms with Gasteiger partial charge in [0.25, 0.3) is 5.91 Å². The molecule has 0 aliphatic carbocycles. The Balaban J connectivity index is 2.20. The zero-order chi connectivity index (χ0) is 12.4. The first-order valence-electron chi connectivity index (χ1n) is 5.08. The second-order valence-corrected chi connectivity index (χ2v) is 3.81. The number of carbonyl (C=O) groups excluding carboxylic acids is 1. The van der Waals surface area contributed by atoms with Gasteiger partial charge in [0.15, 0.2) is 5.69 Å². The second-order valence-electron chi connectivity index (χ2n) is 3.81. The highest BCUT2D eigenvalue weighted by Crippen LogP contribution is 2.12. The van der Waals surface area contributed by atoms with Gasteiger partial charge in [0.05, 0.1) is 17.6 Å². The number of nitrogens with two attached hydrogens (primary N) is 1. The molecule has 0 saturated carbocycles. The van der Waals surface area contributed by atoms with E-state index in [4.69, 9.17) is 5.73 Å². The predicted octanol–water partition coefficient (Wildman–Crippen LogP) is 0.958. The number of hydrogen-bond acceptors (Lipinski definition) is 4. The van der Waals surface area contributed by atoms with Crippen LogP contribution in [0.1, 0.15) is 16.1 Å². The van der Waals surface area contributed by atoms with E-state index in [0.717, 1.165) is 5.56 Å². The van der Waals surface area contributed by atoms with Gasteiger partial charge in [0, 0.05) is 19.4 Å². The van der Waals surface area contributed by atoms with Gasteiger partial charge in [-0.15, -0.1) is 0 Å². The Kier molecular flexibility index (Phi) is 2.78. The van der Waals surface area contributed by atoms with Gasteiger partial charge < -0.3 is 11.1 Å². The lowest BCUT2D eigenvalue weighted by Crippen LogP contribution is -2.14. The Morgan fingerprint density at radius 2 is 2.24 bits per heavy atom. The Bertz CT molecular complexity index is 561. The van der Waals surface area contributed by atoms with Crippen LogP contribution in [0.25, 0.3) is 0 Å². The number of amides is 1. The molecule has 0 aliphatic heterocycles. The smallest absolute Gasteiger partial charge is 0.278 e. The molecule has 2 heterocycles. The number of nitrogens with zero attached hydrogens (tertiary/aromatic N) is 3. The SMILES string of the molecule is Cc1cncc(NC(=O)c2nn(C)cc2N)c1. The predicted molar refractivity (Wildman–Crippen MR) is 64.5 cm³/mol. The van der Waals surface area contributed by atoms with Crippen molar-refractivity contribution in [1.29, 1.82) is 0 Å². The second kappa shape index (κ2) is 4.25. The van der Waals surface area contributed by atoms with E-state index in [1.165, 1.54) is 4.68 Å². The normalized spacial score (nSPS) is 10.2. The average Bonchev–Trinajstić information content (AvgIpc) is 2.58. The minimum atomic E-state index is -0.337. The van der Waals surface area contributed by atoms with Crippen LogP contribution in [0.2, 0.25) is 0 Å². The van der Waals surface area contributed by atoms with Crippen LogP contribution in [0.4, 0.5) is 11.4 Å². The summed E-state index contributed by atoms with van der Waals surface area (Å²) in [5.41, 5.74) is 7.83. The number of aromatic nitrogens is 3. The average molecular weight is 231 g/mol. The van der Waals surface area contributed by atoms with Crippen LogP contribution in [-0.4, -0.2) is 20.7 Å². The highest BCUT2D eigenvalue weighted by atomic mass is 16.2. The Labute approximate surface area is 98.5 Å². The first-order valence-corrected chi connectivity index (χ1v) is 5.08. The minimum absolute atomic E-state index is 0.217. The zero-order valence-corrected chi connectivity index (χ0v) is 9.64. The Morgan fingerprint density at radius 3 is 2.82 bits per heavy atom. The fraction of sp³-hybridized carbons (Fsp3) is 0.182. The minimum Gasteiger partial charge on any atom is -0.396 e. The summed E-state index contributed by atoms with van der Waals surface area (Å²) in [4.78, 5) is 15.9. The number of rotatable bonds is 2. The van der Waals surface area contributed by atoms with Crippen LogP contribution >= 0.6 is 0 Å². The molecule has 0 fully saturated rings. The van der Waals surface area contributed by atoms with E-state index in [9.17, 15) is 4.79 Å². The molecule has 0 saturated heterocycles. The van der Waals surface area contributed by atoms with Crippen molar-refractivity contribution in [3.63, 3.8) is 0 Å². The van der Waals surface area contributed by atoms with Crippen LogP contribution < -0.4 is 11.1 Å². The molecule has 2 aromatic heterocycles. The van der Waals surface area contributed by atoms with Crippen molar-refractivity contribution >= 4 is 17.3 Å². The fourth-order valence-electron chi connectivity index (χ4n) is 1.50. The van der Waals surface area contributed by atoms with E-state index in [0.29, 0.717) is 11.4 Å². The standard InChI is InChI=1S/C11H13N5O/c1-7-3-8(5-13-4-7)14-11(17)10-9(12)6-16(2)15-10/h3-6H,12H2,1-2H3,(H,14,17). The maximum Gasteiger partial charge on any atom is 0.278 e. The molecule has 3 N–H and O–H groups in total. The molecule has 0 unspecified atom stereocenters. The molecule has 0 aromatic carbocycles. The summed E-state index contributed by atoms with van der Waals surface area (Å²) in [6.45, 7) is 1.90. The molecule has 2 aromatic rings. The quantitative estimate of drug-likeness (QED) is 0.806. The van der Waals surface area contributed by atoms with Crippen molar-refractivity contribution < 1.29 is 4.79 Å². The molecule has 88 valence electrons. The molecule has 6 heteroatoms. The topological polar surface area (TPSA) is 85.8 Å². The first-order chi connectivity index (χ1) is 8.06. The molecular weight excluding hydrogens is 218 g/mol. The number of nitrogen functional groups attached to an aromatic ring is 1. The number of anilines is 2. The largest absolute Gasteiger partial charge is 0.396 e. The van der Waals surface area contributed by atoms with Crippen molar-refractivity contribution in [3.05, 3.63) is 35.9 Å². The third kappa shape index (κ3) is 2.41. The molecule has 17 heavy (non-hydrogen) atoms. The van der Waals surface area contributed by atoms with Crippen molar-refractivity contribution in [2.75, 3.05) is 11.1 Å². The van der Waals surface area contributed by atoms with E-state index >= 15 is 0 Å². The van der Waals surface area contributed by atoms with E-state index in [1.54, 1.807) is 25.6 Å². The van der Waals surface area contributed by atoms with Gasteiger partial charge in [-0.3, -0.25) is 14.5 Å². The number of hydrogen-bond donors (Lipinski definition) is 2. The van der Waals surface area contributed by atoms with Gasteiger partial charge in [0.1, 0.15) is 0 Å². The summed E-state index contributed by atoms with van der Waals surface area (Å²) >= 11 is 0. The fourth-order valence-corrected chi connectivity index (χ4v) is 1.50. The molecule has 1 amide bonds. The number of carbonyl (C=O) groups is 1. The molecule has 0 spiro atoms. The van der Waals surface area contributed by atoms with Gasteiger partial charge >= 0.3 is 0 Å². The maximum atomic E-state index is 11.9. The lowest BCUT2D eigenvalue weighted by Gasteiger charge is -2.03.